The molecule has 8 N–H and O–H groups in total. The summed E-state index contributed by atoms with van der Waals surface area (Å²) in [6, 6.07) is 21.9. The zero-order chi connectivity index (χ0) is 47.6. The van der Waals surface area contributed by atoms with Crippen molar-refractivity contribution < 1.29 is 70.4 Å². The van der Waals surface area contributed by atoms with Crippen LogP contribution in [0.5, 0.6) is 0 Å². The molecule has 12 nitrogen and oxygen atoms in total. The summed E-state index contributed by atoms with van der Waals surface area (Å²) in [5.74, 6) is 3.19. The fraction of sp³-hybridized carbons (Fsp3) is 0.333. The Bertz CT molecular complexity index is 2870. The van der Waals surface area contributed by atoms with Crippen LogP contribution in [0.1, 0.15) is 40.5 Å². The topological polar surface area (TPSA) is 224 Å². The molecule has 0 atom stereocenters. The number of aromatic nitrogens is 4. The predicted octanol–water partition coefficient (Wildman–Crippen LogP) is 7.86. The zero-order valence-corrected chi connectivity index (χ0v) is 53.1. The Kier molecular flexibility index (Phi) is 35.7. The summed E-state index contributed by atoms with van der Waals surface area (Å²) in [5, 5.41) is 2.14. The molecule has 4 aromatic carbocycles. The molecule has 0 aliphatic rings. The molecule has 0 amide bonds. The summed E-state index contributed by atoms with van der Waals surface area (Å²) < 4.78 is 53.7. The van der Waals surface area contributed by atoms with Gasteiger partial charge < -0.3 is 46.9 Å². The minimum Gasteiger partial charge on any atom is -1.00 e. The van der Waals surface area contributed by atoms with Gasteiger partial charge in [0.05, 0.1) is 62.2 Å². The van der Waals surface area contributed by atoms with E-state index in [0.717, 1.165) is 80.5 Å². The van der Waals surface area contributed by atoms with E-state index in [1.165, 1.54) is 54.7 Å². The summed E-state index contributed by atoms with van der Waals surface area (Å²) in [4.78, 5) is 19.4. The number of sulfone groups is 2. The maximum atomic E-state index is 12.0. The number of thiol groups is 1. The average Bonchev–Trinajstić information content (AvgIpc) is 4.05. The molecule has 0 unspecified atom stereocenters. The maximum absolute atomic E-state index is 12.0. The van der Waals surface area contributed by atoms with E-state index in [2.05, 4.69) is 89.9 Å². The molecule has 4 aromatic heterocycles. The van der Waals surface area contributed by atoms with E-state index < -0.39 is 19.7 Å². The van der Waals surface area contributed by atoms with Gasteiger partial charge in [0.15, 0.2) is 40.2 Å². The van der Waals surface area contributed by atoms with Crippen LogP contribution >= 0.6 is 150 Å². The van der Waals surface area contributed by atoms with Crippen molar-refractivity contribution in [1.29, 1.82) is 0 Å². The molecule has 0 aliphatic heterocycles. The Morgan fingerprint density at radius 1 is 0.536 bits per heavy atom. The van der Waals surface area contributed by atoms with Gasteiger partial charge in [-0.3, -0.25) is 0 Å². The molecule has 0 spiro atoms. The normalized spacial score (nSPS) is 10.6. The number of rotatable bonds is 14. The van der Waals surface area contributed by atoms with Crippen LogP contribution in [0.3, 0.4) is 0 Å². The third kappa shape index (κ3) is 23.4. The van der Waals surface area contributed by atoms with Crippen LogP contribution < -0.4 is 76.5 Å². The van der Waals surface area contributed by atoms with Crippen LogP contribution in [-0.2, 0) is 19.7 Å². The van der Waals surface area contributed by atoms with Crippen LogP contribution in [0.15, 0.2) is 92.4 Å². The van der Waals surface area contributed by atoms with E-state index in [-0.39, 0.29) is 79.9 Å². The van der Waals surface area contributed by atoms with Crippen LogP contribution in [0, 0.1) is 0 Å². The van der Waals surface area contributed by atoms with Gasteiger partial charge in [0, 0.05) is 36.3 Å². The van der Waals surface area contributed by atoms with Crippen LogP contribution in [0.2, 0.25) is 0 Å². The molecule has 0 bridgehead atoms. The van der Waals surface area contributed by atoms with E-state index >= 15 is 0 Å². The number of nitrogens with zero attached hydrogens (tertiary/aromatic N) is 4. The standard InChI is InChI=1S/C10H11ClN2O2S2.C10H11ClN2S2.C10H11IN2O2S2.C7H6N2S2.C3H6ClI.2CH4.HI.Na/c11-4-1-5-17(14,15)7-2-3-8-9(6-7)16-10(12)13-8;11-4-1-5-14-7-2-3-8-9(6-7)15-10(12)13-8;11-4-1-5-17(14,15)7-2-3-8-9(6-7)16-10(12)13-8;8-7-9-5-2-1-4(10)3-6(5)11-7;4-2-1-3-5;;;;/h2-3,6H,1,4-5H2,(H2,12,13);2-3,6H,1,4-5H2,(H2,12,13);2-3,6H,1,4-5H2,(H2,12,13);1-3,10H,(H2,8,9);1-3H2;2*1H4;1H;/q;;;;;;;;+1/p-1. The van der Waals surface area contributed by atoms with Crippen molar-refractivity contribution in [1.82, 2.24) is 19.9 Å². The molecule has 8 aromatic rings. The average molecular weight is 1500 g/mol. The predicted molar refractivity (Wildman–Crippen MR) is 320 cm³/mol. The fourth-order valence-electron chi connectivity index (χ4n) is 5.20. The summed E-state index contributed by atoms with van der Waals surface area (Å²) in [5.41, 5.74) is 25.7. The van der Waals surface area contributed by atoms with Gasteiger partial charge in [-0.05, 0) is 104 Å². The van der Waals surface area contributed by atoms with Crippen molar-refractivity contribution in [2.45, 2.75) is 60.1 Å². The second-order valence-electron chi connectivity index (χ2n) is 13.1. The van der Waals surface area contributed by atoms with Crippen molar-refractivity contribution >= 4 is 231 Å². The van der Waals surface area contributed by atoms with Crippen molar-refractivity contribution in [3.8, 4) is 0 Å². The summed E-state index contributed by atoms with van der Waals surface area (Å²) in [6.45, 7) is 0. The summed E-state index contributed by atoms with van der Waals surface area (Å²) >= 11 is 32.5. The minimum atomic E-state index is -3.25. The third-order valence-electron chi connectivity index (χ3n) is 8.14. The first kappa shape index (κ1) is 69.3. The van der Waals surface area contributed by atoms with Crippen molar-refractivity contribution in [2.24, 2.45) is 0 Å². The SMILES string of the molecule is C.C.ClCCCI.Nc1nc2ccc(S(=O)(=O)CCCCl)cc2s1.Nc1nc2ccc(S(=O)(=O)CCCI)cc2s1.Nc1nc2ccc(S)cc2s1.Nc1nc2ccc(SCCCCl)cc2s1.[I-].[Na+]. The first-order chi connectivity index (χ1) is 31.0. The van der Waals surface area contributed by atoms with Gasteiger partial charge in [-0.1, -0.05) is 105 Å². The molecule has 0 saturated heterocycles. The van der Waals surface area contributed by atoms with Gasteiger partial charge in [0.2, 0.25) is 0 Å². The number of fused-ring (bicyclic) bond motifs is 4. The summed E-state index contributed by atoms with van der Waals surface area (Å²) in [6.07, 6.45) is 3.30. The molecular weight excluding hydrogens is 1450 g/mol. The van der Waals surface area contributed by atoms with E-state index in [0.29, 0.717) is 49.0 Å². The first-order valence-electron chi connectivity index (χ1n) is 19.2. The van der Waals surface area contributed by atoms with E-state index in [4.69, 9.17) is 57.7 Å². The molecule has 0 aliphatic carbocycles. The van der Waals surface area contributed by atoms with Gasteiger partial charge in [-0.25, -0.2) is 36.8 Å². The number of hydrogen-bond donors (Lipinski definition) is 5. The number of nitrogens with two attached hydrogens (primary N) is 4. The monoisotopic (exact) mass is 1500 g/mol. The molecule has 8 rings (SSSR count). The van der Waals surface area contributed by atoms with Gasteiger partial charge in [0.25, 0.3) is 0 Å². The second kappa shape index (κ2) is 35.5. The second-order valence-corrected chi connectivity index (χ2v) is 26.5. The van der Waals surface area contributed by atoms with Crippen LogP contribution in [-0.4, -0.2) is 80.5 Å². The quantitative estimate of drug-likeness (QED) is 0.0175. The van der Waals surface area contributed by atoms with Crippen LogP contribution in [0.25, 0.3) is 40.9 Å². The number of anilines is 4. The number of benzene rings is 4. The van der Waals surface area contributed by atoms with E-state index in [9.17, 15) is 16.8 Å². The minimum absolute atomic E-state index is 0. The molecule has 0 saturated carbocycles. The van der Waals surface area contributed by atoms with Gasteiger partial charge in [-0.15, -0.1) is 59.2 Å². The number of thioether (sulfide) groups is 1. The van der Waals surface area contributed by atoms with Crippen molar-refractivity contribution in [3.63, 3.8) is 0 Å². The number of hydrogen-bond acceptors (Lipinski definition) is 18. The largest absolute Gasteiger partial charge is 1.00 e. The Balaban J connectivity index is 0.000000855. The first-order valence-corrected chi connectivity index (χ1v) is 31.9. The van der Waals surface area contributed by atoms with E-state index in [1.807, 2.05) is 36.0 Å². The molecule has 0 fully saturated rings. The Labute approximate surface area is 513 Å². The summed E-state index contributed by atoms with van der Waals surface area (Å²) in [7, 11) is -6.42. The maximum Gasteiger partial charge on any atom is 1.00 e. The third-order valence-corrected chi connectivity index (χ3v) is 18.8. The van der Waals surface area contributed by atoms with Crippen molar-refractivity contribution in [3.05, 3.63) is 72.8 Å². The number of halogens is 6. The van der Waals surface area contributed by atoms with Crippen molar-refractivity contribution in [2.75, 3.05) is 66.7 Å². The smallest absolute Gasteiger partial charge is 1.00 e. The number of alkyl halides is 5. The fourth-order valence-corrected chi connectivity index (χ4v) is 14.8. The Morgan fingerprint density at radius 3 is 1.29 bits per heavy atom. The van der Waals surface area contributed by atoms with Gasteiger partial charge >= 0.3 is 29.6 Å². The molecule has 69 heavy (non-hydrogen) atoms. The molecule has 4 heterocycles. The Hall–Kier alpha value is 0.300. The number of nitrogen functional groups attached to an aromatic ring is 4. The van der Waals surface area contributed by atoms with Gasteiger partial charge in [-0.2, -0.15) is 0 Å². The van der Waals surface area contributed by atoms with Crippen LogP contribution in [0.4, 0.5) is 20.5 Å². The van der Waals surface area contributed by atoms with E-state index in [1.54, 1.807) is 36.4 Å². The molecule has 376 valence electrons. The molecule has 0 radical (unpaired) electrons. The Morgan fingerprint density at radius 2 is 0.899 bits per heavy atom. The zero-order valence-electron chi connectivity index (χ0n) is 35.7. The number of thiazole rings is 4. The molecular formula is C42H53Cl3I3N8NaO4S8. The van der Waals surface area contributed by atoms with Gasteiger partial charge in [0.1, 0.15) is 0 Å². The molecule has 27 heteroatoms.